The summed E-state index contributed by atoms with van der Waals surface area (Å²) in [7, 11) is 0. The Morgan fingerprint density at radius 1 is 1.36 bits per heavy atom. The molecule has 3 rings (SSSR count). The smallest absolute Gasteiger partial charge is 0.259 e. The molecule has 1 aliphatic rings. The Bertz CT molecular complexity index is 862. The third-order valence-corrected chi connectivity index (χ3v) is 3.81. The molecule has 0 bridgehead atoms. The number of pyridine rings is 2. The molecule has 25 heavy (non-hydrogen) atoms. The van der Waals surface area contributed by atoms with Crippen LogP contribution in [0.25, 0.3) is 0 Å². The summed E-state index contributed by atoms with van der Waals surface area (Å²) in [5, 5.41) is 2.76. The van der Waals surface area contributed by atoms with Crippen LogP contribution in [0.2, 0.25) is 0 Å². The van der Waals surface area contributed by atoms with Crippen LogP contribution in [0, 0.1) is 11.6 Å². The van der Waals surface area contributed by atoms with Crippen molar-refractivity contribution in [2.24, 2.45) is 10.7 Å². The molecule has 1 amide bonds. The molecule has 1 fully saturated rings. The number of amides is 1. The number of hydrogen-bond acceptors (Lipinski definition) is 4. The topological polar surface area (TPSA) is 93.3 Å². The van der Waals surface area contributed by atoms with E-state index in [1.165, 1.54) is 42.9 Å². The van der Waals surface area contributed by atoms with Crippen LogP contribution in [-0.2, 0) is 10.2 Å². The summed E-state index contributed by atoms with van der Waals surface area (Å²) in [5.41, 5.74) is 5.21. The first-order valence-electron chi connectivity index (χ1n) is 7.54. The van der Waals surface area contributed by atoms with Crippen molar-refractivity contribution in [1.29, 1.82) is 0 Å². The van der Waals surface area contributed by atoms with Crippen LogP contribution in [0.1, 0.15) is 18.5 Å². The number of hydrogen-bond donors (Lipinski definition) is 2. The van der Waals surface area contributed by atoms with Gasteiger partial charge in [0.1, 0.15) is 17.5 Å². The number of nitrogens with one attached hydrogen (secondary N) is 1. The maximum atomic E-state index is 13.9. The van der Waals surface area contributed by atoms with E-state index >= 15 is 0 Å². The number of aromatic nitrogens is 2. The number of rotatable bonds is 5. The molecular weight excluding hydrogens is 328 g/mol. The molecule has 8 heteroatoms. The molecule has 1 aliphatic carbocycles. The van der Waals surface area contributed by atoms with Crippen molar-refractivity contribution in [1.82, 2.24) is 9.97 Å². The Balaban J connectivity index is 1.69. The van der Waals surface area contributed by atoms with Crippen LogP contribution in [0.4, 0.5) is 14.5 Å². The van der Waals surface area contributed by atoms with Crippen molar-refractivity contribution in [3.8, 4) is 0 Å². The fourth-order valence-electron chi connectivity index (χ4n) is 2.39. The van der Waals surface area contributed by atoms with Gasteiger partial charge in [0.15, 0.2) is 0 Å². The molecule has 3 N–H and O–H groups in total. The first kappa shape index (κ1) is 16.7. The minimum Gasteiger partial charge on any atom is -0.384 e. The second kappa shape index (κ2) is 6.76. The lowest BCUT2D eigenvalue weighted by Crippen LogP contribution is -2.24. The maximum absolute atomic E-state index is 13.9. The summed E-state index contributed by atoms with van der Waals surface area (Å²) < 4.78 is 26.9. The number of carbonyl (C=O) groups is 1. The number of carbonyl (C=O) groups excluding carboxylic acids is 1. The van der Waals surface area contributed by atoms with Gasteiger partial charge < -0.3 is 11.1 Å². The highest BCUT2D eigenvalue weighted by Crippen LogP contribution is 2.49. The van der Waals surface area contributed by atoms with Crippen LogP contribution in [0.15, 0.2) is 54.1 Å². The van der Waals surface area contributed by atoms with E-state index < -0.39 is 23.0 Å². The number of nitrogens with zero attached hydrogens (tertiary/aromatic N) is 3. The van der Waals surface area contributed by atoms with E-state index in [-0.39, 0.29) is 11.5 Å². The molecule has 0 radical (unpaired) electrons. The predicted molar refractivity (Wildman–Crippen MR) is 88.7 cm³/mol. The lowest BCUT2D eigenvalue weighted by Gasteiger charge is -2.11. The molecule has 0 aromatic carbocycles. The predicted octanol–water partition coefficient (Wildman–Crippen LogP) is 2.30. The van der Waals surface area contributed by atoms with E-state index in [1.807, 2.05) is 0 Å². The summed E-state index contributed by atoms with van der Waals surface area (Å²) in [4.78, 5) is 23.8. The third-order valence-electron chi connectivity index (χ3n) is 3.81. The Kier molecular flexibility index (Phi) is 4.51. The van der Waals surface area contributed by atoms with Gasteiger partial charge in [-0.15, -0.1) is 0 Å². The van der Waals surface area contributed by atoms with Crippen molar-refractivity contribution >= 4 is 17.4 Å². The summed E-state index contributed by atoms with van der Waals surface area (Å²) >= 11 is 0. The summed E-state index contributed by atoms with van der Waals surface area (Å²) in [6.45, 7) is 0. The number of aliphatic imine (C=N–C) groups is 1. The average molecular weight is 343 g/mol. The molecular formula is C17H15F2N5O. The van der Waals surface area contributed by atoms with E-state index in [4.69, 9.17) is 5.73 Å². The Morgan fingerprint density at radius 3 is 2.84 bits per heavy atom. The van der Waals surface area contributed by atoms with E-state index in [2.05, 4.69) is 20.3 Å². The number of anilines is 1. The molecule has 6 nitrogen and oxygen atoms in total. The maximum Gasteiger partial charge on any atom is 0.259 e. The summed E-state index contributed by atoms with van der Waals surface area (Å²) in [5.74, 6) is -1.59. The summed E-state index contributed by atoms with van der Waals surface area (Å²) in [6.07, 6.45) is 7.66. The van der Waals surface area contributed by atoms with Gasteiger partial charge in [-0.3, -0.25) is 14.8 Å². The van der Waals surface area contributed by atoms with Crippen LogP contribution >= 0.6 is 0 Å². The van der Waals surface area contributed by atoms with Gasteiger partial charge in [-0.2, -0.15) is 4.99 Å². The van der Waals surface area contributed by atoms with Gasteiger partial charge in [0.05, 0.1) is 29.2 Å². The highest BCUT2D eigenvalue weighted by Gasteiger charge is 2.54. The van der Waals surface area contributed by atoms with Crippen LogP contribution in [0.3, 0.4) is 0 Å². The van der Waals surface area contributed by atoms with E-state index in [0.29, 0.717) is 18.5 Å². The van der Waals surface area contributed by atoms with Crippen LogP contribution < -0.4 is 11.1 Å². The highest BCUT2D eigenvalue weighted by atomic mass is 19.1. The molecule has 2 aromatic rings. The molecule has 2 aromatic heterocycles. The second-order valence-electron chi connectivity index (χ2n) is 5.63. The van der Waals surface area contributed by atoms with Gasteiger partial charge in [0.2, 0.25) is 0 Å². The van der Waals surface area contributed by atoms with Crippen LogP contribution in [0.5, 0.6) is 0 Å². The number of nitrogens with two attached hydrogens (primary N) is 1. The minimum absolute atomic E-state index is 0.0514. The normalized spacial score (nSPS) is 16.0. The van der Waals surface area contributed by atoms with Gasteiger partial charge in [-0.25, -0.2) is 8.78 Å². The van der Waals surface area contributed by atoms with Gasteiger partial charge in [-0.05, 0) is 31.1 Å². The van der Waals surface area contributed by atoms with Gasteiger partial charge >= 0.3 is 0 Å². The molecule has 128 valence electrons. The molecule has 2 heterocycles. The van der Waals surface area contributed by atoms with E-state index in [9.17, 15) is 13.6 Å². The molecule has 0 unspecified atom stereocenters. The fraction of sp³-hybridized carbons (Fsp3) is 0.176. The molecule has 0 spiro atoms. The molecule has 1 saturated carbocycles. The lowest BCUT2D eigenvalue weighted by atomic mass is 10.0. The number of halogens is 2. The van der Waals surface area contributed by atoms with Crippen molar-refractivity contribution < 1.29 is 13.6 Å². The minimum atomic E-state index is -1.02. The number of amidine groups is 1. The second-order valence-corrected chi connectivity index (χ2v) is 5.63. The molecule has 0 atom stereocenters. The van der Waals surface area contributed by atoms with E-state index in [0.717, 1.165) is 6.20 Å². The Morgan fingerprint density at radius 2 is 2.16 bits per heavy atom. The first-order chi connectivity index (χ1) is 12.0. The van der Waals surface area contributed by atoms with E-state index in [1.54, 1.807) is 0 Å². The zero-order chi connectivity index (χ0) is 17.9. The first-order valence-corrected chi connectivity index (χ1v) is 7.54. The average Bonchev–Trinajstić information content (AvgIpc) is 3.37. The van der Waals surface area contributed by atoms with Gasteiger partial charge in [0, 0.05) is 18.5 Å². The third kappa shape index (κ3) is 3.68. The van der Waals surface area contributed by atoms with Gasteiger partial charge in [0.25, 0.3) is 5.91 Å². The SMILES string of the molecule is NC(/C=C\Nc1cncc(F)c1)=NC(=O)C1(c2ncccc2F)CC1. The summed E-state index contributed by atoms with van der Waals surface area (Å²) in [6, 6.07) is 3.98. The lowest BCUT2D eigenvalue weighted by molar-refractivity contribution is -0.120. The Labute approximate surface area is 142 Å². The van der Waals surface area contributed by atoms with Crippen molar-refractivity contribution in [2.45, 2.75) is 18.3 Å². The van der Waals surface area contributed by atoms with Crippen molar-refractivity contribution in [2.75, 3.05) is 5.32 Å². The highest BCUT2D eigenvalue weighted by molar-refractivity contribution is 6.04. The molecule has 0 saturated heterocycles. The van der Waals surface area contributed by atoms with Crippen molar-refractivity contribution in [3.63, 3.8) is 0 Å². The monoisotopic (exact) mass is 343 g/mol. The standard InChI is InChI=1S/C17H15F2N5O/c18-11-8-12(10-21-9-11)22-7-3-14(20)24-16(25)17(4-5-17)15-13(19)2-1-6-23-15/h1-3,6-10,22H,4-5H2,(H2,20,24,25)/b7-3-. The quantitative estimate of drug-likeness (QED) is 0.642. The fourth-order valence-corrected chi connectivity index (χ4v) is 2.39. The zero-order valence-corrected chi connectivity index (χ0v) is 13.1. The van der Waals surface area contributed by atoms with Gasteiger partial charge in [-0.1, -0.05) is 0 Å². The largest absolute Gasteiger partial charge is 0.384 e. The Hall–Kier alpha value is -3.16. The van der Waals surface area contributed by atoms with Crippen LogP contribution in [-0.4, -0.2) is 21.7 Å². The molecule has 0 aliphatic heterocycles. The van der Waals surface area contributed by atoms with Crippen molar-refractivity contribution in [3.05, 3.63) is 66.4 Å². The zero-order valence-electron chi connectivity index (χ0n) is 13.1.